The van der Waals surface area contributed by atoms with Crippen molar-refractivity contribution in [1.82, 2.24) is 4.57 Å². The molecular formula is C16H20BrNO2. The van der Waals surface area contributed by atoms with E-state index in [9.17, 15) is 5.11 Å². The molecule has 2 aromatic rings. The Morgan fingerprint density at radius 3 is 2.85 bits per heavy atom. The van der Waals surface area contributed by atoms with Gasteiger partial charge in [0.15, 0.2) is 0 Å². The highest BCUT2D eigenvalue weighted by atomic mass is 79.9. The highest BCUT2D eigenvalue weighted by Gasteiger charge is 2.09. The largest absolute Gasteiger partial charge is 0.496 e. The van der Waals surface area contributed by atoms with Gasteiger partial charge in [0, 0.05) is 22.4 Å². The van der Waals surface area contributed by atoms with E-state index in [1.165, 1.54) is 0 Å². The Balaban J connectivity index is 2.16. The Morgan fingerprint density at radius 1 is 1.35 bits per heavy atom. The van der Waals surface area contributed by atoms with Crippen LogP contribution in [0.3, 0.4) is 0 Å². The first-order chi connectivity index (χ1) is 9.63. The van der Waals surface area contributed by atoms with Crippen LogP contribution in [0.2, 0.25) is 0 Å². The second kappa shape index (κ2) is 6.95. The van der Waals surface area contributed by atoms with E-state index in [1.54, 1.807) is 7.11 Å². The van der Waals surface area contributed by atoms with Gasteiger partial charge >= 0.3 is 0 Å². The summed E-state index contributed by atoms with van der Waals surface area (Å²) >= 11 is 3.48. The minimum Gasteiger partial charge on any atom is -0.496 e. The van der Waals surface area contributed by atoms with Crippen molar-refractivity contribution in [3.05, 3.63) is 52.3 Å². The van der Waals surface area contributed by atoms with Crippen LogP contribution in [0, 0.1) is 0 Å². The highest BCUT2D eigenvalue weighted by Crippen LogP contribution is 2.25. The summed E-state index contributed by atoms with van der Waals surface area (Å²) in [6, 6.07) is 7.95. The van der Waals surface area contributed by atoms with Gasteiger partial charge in [-0.3, -0.25) is 0 Å². The van der Waals surface area contributed by atoms with Crippen molar-refractivity contribution in [2.45, 2.75) is 32.4 Å². The zero-order valence-corrected chi connectivity index (χ0v) is 13.4. The van der Waals surface area contributed by atoms with E-state index in [0.717, 1.165) is 40.7 Å². The molecule has 20 heavy (non-hydrogen) atoms. The number of benzene rings is 1. The number of halogens is 1. The number of aromatic nitrogens is 1. The predicted molar refractivity (Wildman–Crippen MR) is 84.1 cm³/mol. The van der Waals surface area contributed by atoms with E-state index < -0.39 is 0 Å². The lowest BCUT2D eigenvalue weighted by Gasteiger charge is -2.10. The van der Waals surface area contributed by atoms with E-state index in [2.05, 4.69) is 33.5 Å². The van der Waals surface area contributed by atoms with Crippen LogP contribution in [0.1, 0.15) is 37.0 Å². The van der Waals surface area contributed by atoms with Crippen molar-refractivity contribution in [2.24, 2.45) is 0 Å². The summed E-state index contributed by atoms with van der Waals surface area (Å²) in [7, 11) is 1.68. The predicted octanol–water partition coefficient (Wildman–Crippen LogP) is 4.14. The smallest absolute Gasteiger partial charge is 0.123 e. The number of aliphatic hydroxyl groups excluding tert-OH is 1. The molecular weight excluding hydrogens is 318 g/mol. The summed E-state index contributed by atoms with van der Waals surface area (Å²) in [5.74, 6) is 0.873. The normalized spacial score (nSPS) is 12.4. The Hall–Kier alpha value is -1.26. The molecule has 4 heteroatoms. The quantitative estimate of drug-likeness (QED) is 0.859. The van der Waals surface area contributed by atoms with Gasteiger partial charge in [-0.15, -0.1) is 0 Å². The molecule has 0 spiro atoms. The summed E-state index contributed by atoms with van der Waals surface area (Å²) in [4.78, 5) is 0. The van der Waals surface area contributed by atoms with Gasteiger partial charge in [0.25, 0.3) is 0 Å². The van der Waals surface area contributed by atoms with Crippen LogP contribution in [0.4, 0.5) is 0 Å². The van der Waals surface area contributed by atoms with Crippen LogP contribution in [0.25, 0.3) is 0 Å². The first-order valence-corrected chi connectivity index (χ1v) is 7.59. The molecule has 108 valence electrons. The molecule has 1 unspecified atom stereocenters. The number of methoxy groups -OCH3 is 1. The molecule has 1 aromatic carbocycles. The maximum absolute atomic E-state index is 10.00. The Labute approximate surface area is 128 Å². The molecule has 1 aromatic heterocycles. The molecule has 0 aliphatic heterocycles. The van der Waals surface area contributed by atoms with Crippen LogP contribution in [0.15, 0.2) is 41.1 Å². The Bertz CT molecular complexity index is 565. The van der Waals surface area contributed by atoms with Gasteiger partial charge in [-0.2, -0.15) is 0 Å². The minimum atomic E-state index is -0.370. The Kier molecular flexibility index (Phi) is 5.26. The topological polar surface area (TPSA) is 34.4 Å². The van der Waals surface area contributed by atoms with Gasteiger partial charge in [-0.1, -0.05) is 29.3 Å². The van der Waals surface area contributed by atoms with Gasteiger partial charge in [-0.05, 0) is 36.2 Å². The Morgan fingerprint density at radius 2 is 2.15 bits per heavy atom. The summed E-state index contributed by atoms with van der Waals surface area (Å²) in [5, 5.41) is 10.00. The summed E-state index contributed by atoms with van der Waals surface area (Å²) in [6.45, 7) is 2.80. The molecule has 0 radical (unpaired) electrons. The highest BCUT2D eigenvalue weighted by molar-refractivity contribution is 9.10. The lowest BCUT2D eigenvalue weighted by molar-refractivity contribution is 0.166. The van der Waals surface area contributed by atoms with E-state index in [4.69, 9.17) is 4.74 Å². The van der Waals surface area contributed by atoms with Crippen molar-refractivity contribution in [3.63, 3.8) is 0 Å². The number of ether oxygens (including phenoxy) is 1. The monoisotopic (exact) mass is 337 g/mol. The number of nitrogens with zero attached hydrogens (tertiary/aromatic N) is 1. The molecule has 1 N–H and O–H groups in total. The van der Waals surface area contributed by atoms with E-state index in [1.807, 2.05) is 30.6 Å². The number of rotatable bonds is 6. The summed E-state index contributed by atoms with van der Waals surface area (Å²) < 4.78 is 8.48. The van der Waals surface area contributed by atoms with Crippen molar-refractivity contribution >= 4 is 15.9 Å². The fraction of sp³-hybridized carbons (Fsp3) is 0.375. The zero-order chi connectivity index (χ0) is 14.5. The van der Waals surface area contributed by atoms with Gasteiger partial charge in [0.05, 0.1) is 19.8 Å². The van der Waals surface area contributed by atoms with Gasteiger partial charge in [-0.25, -0.2) is 0 Å². The lowest BCUT2D eigenvalue weighted by atomic mass is 10.1. The molecule has 2 rings (SSSR count). The zero-order valence-electron chi connectivity index (χ0n) is 11.8. The molecule has 3 nitrogen and oxygen atoms in total. The van der Waals surface area contributed by atoms with Crippen LogP contribution in [0.5, 0.6) is 5.75 Å². The van der Waals surface area contributed by atoms with Crippen LogP contribution in [-0.2, 0) is 6.54 Å². The third-order valence-electron chi connectivity index (χ3n) is 3.32. The van der Waals surface area contributed by atoms with Crippen LogP contribution < -0.4 is 4.74 Å². The molecule has 0 bridgehead atoms. The third kappa shape index (κ3) is 3.64. The number of hydrogen-bond donors (Lipinski definition) is 1. The molecule has 1 atom stereocenters. The minimum absolute atomic E-state index is 0.370. The standard InChI is InChI=1S/C16H20BrNO2/c1-3-4-15(19)12-7-8-18(10-12)11-13-9-14(17)5-6-16(13)20-2/h5-10,15,19H,3-4,11H2,1-2H3. The van der Waals surface area contributed by atoms with Crippen molar-refractivity contribution < 1.29 is 9.84 Å². The number of hydrogen-bond acceptors (Lipinski definition) is 2. The molecule has 0 aliphatic carbocycles. The van der Waals surface area contributed by atoms with Crippen molar-refractivity contribution in [1.29, 1.82) is 0 Å². The SMILES string of the molecule is CCCC(O)c1ccn(Cc2cc(Br)ccc2OC)c1. The first-order valence-electron chi connectivity index (χ1n) is 6.80. The first kappa shape index (κ1) is 15.1. The maximum atomic E-state index is 10.00. The fourth-order valence-corrected chi connectivity index (χ4v) is 2.67. The molecule has 0 aliphatic rings. The summed E-state index contributed by atoms with van der Waals surface area (Å²) in [5.41, 5.74) is 2.08. The average molecular weight is 338 g/mol. The van der Waals surface area contributed by atoms with Crippen LogP contribution >= 0.6 is 15.9 Å². The van der Waals surface area contributed by atoms with Crippen molar-refractivity contribution in [2.75, 3.05) is 7.11 Å². The van der Waals surface area contributed by atoms with E-state index in [-0.39, 0.29) is 6.10 Å². The van der Waals surface area contributed by atoms with Gasteiger partial charge in [0.2, 0.25) is 0 Å². The molecule has 0 saturated heterocycles. The second-order valence-electron chi connectivity index (χ2n) is 4.88. The van der Waals surface area contributed by atoms with E-state index >= 15 is 0 Å². The van der Waals surface area contributed by atoms with Gasteiger partial charge < -0.3 is 14.4 Å². The molecule has 0 amide bonds. The average Bonchev–Trinajstić information content (AvgIpc) is 2.88. The second-order valence-corrected chi connectivity index (χ2v) is 5.79. The maximum Gasteiger partial charge on any atom is 0.123 e. The number of aliphatic hydroxyl groups is 1. The van der Waals surface area contributed by atoms with Gasteiger partial charge in [0.1, 0.15) is 5.75 Å². The molecule has 0 fully saturated rings. The lowest BCUT2D eigenvalue weighted by Crippen LogP contribution is -2.00. The van der Waals surface area contributed by atoms with Crippen LogP contribution in [-0.4, -0.2) is 16.8 Å². The fourth-order valence-electron chi connectivity index (χ4n) is 2.26. The van der Waals surface area contributed by atoms with Crippen molar-refractivity contribution in [3.8, 4) is 5.75 Å². The summed E-state index contributed by atoms with van der Waals surface area (Å²) in [6.07, 6.45) is 5.40. The molecule has 1 heterocycles. The molecule has 0 saturated carbocycles. The third-order valence-corrected chi connectivity index (χ3v) is 3.81. The van der Waals surface area contributed by atoms with E-state index in [0.29, 0.717) is 0 Å².